The van der Waals surface area contributed by atoms with E-state index in [1.54, 1.807) is 12.1 Å². The van der Waals surface area contributed by atoms with Crippen LogP contribution in [0.2, 0.25) is 0 Å². The van der Waals surface area contributed by atoms with Crippen LogP contribution in [0.3, 0.4) is 0 Å². The predicted molar refractivity (Wildman–Crippen MR) is 130 cm³/mol. The lowest BCUT2D eigenvalue weighted by Gasteiger charge is -2.37. The minimum absolute atomic E-state index is 0.0508. The van der Waals surface area contributed by atoms with Gasteiger partial charge in [-0.1, -0.05) is 6.07 Å². The topological polar surface area (TPSA) is 149 Å². The molecule has 2 amide bonds. The van der Waals surface area contributed by atoms with E-state index in [0.29, 0.717) is 25.1 Å². The van der Waals surface area contributed by atoms with Crippen LogP contribution in [0.25, 0.3) is 0 Å². The van der Waals surface area contributed by atoms with Crippen LogP contribution in [0.5, 0.6) is 5.75 Å². The van der Waals surface area contributed by atoms with Gasteiger partial charge in [0.1, 0.15) is 24.5 Å². The highest BCUT2D eigenvalue weighted by atomic mass is 19.1. The van der Waals surface area contributed by atoms with Crippen molar-refractivity contribution in [3.05, 3.63) is 64.5 Å². The molecule has 0 aliphatic carbocycles. The maximum Gasteiger partial charge on any atom is 0.273 e. The number of halogens is 1. The van der Waals surface area contributed by atoms with E-state index < -0.39 is 29.3 Å². The lowest BCUT2D eigenvalue weighted by molar-refractivity contribution is -0.286. The van der Waals surface area contributed by atoms with Crippen molar-refractivity contribution in [1.29, 1.82) is 0 Å². The second kappa shape index (κ2) is 11.1. The third kappa shape index (κ3) is 5.13. The summed E-state index contributed by atoms with van der Waals surface area (Å²) in [7, 11) is 1.31. The second-order valence-corrected chi connectivity index (χ2v) is 9.10. The number of ether oxygens (including phenoxy) is 2. The van der Waals surface area contributed by atoms with Gasteiger partial charge in [0.15, 0.2) is 0 Å². The first-order chi connectivity index (χ1) is 18.1. The number of aldehydes is 1. The number of benzene rings is 2. The Morgan fingerprint density at radius 3 is 2.63 bits per heavy atom. The number of hydrogen-bond donors (Lipinski definition) is 4. The lowest BCUT2D eigenvalue weighted by Crippen LogP contribution is -2.58. The molecular weight excluding hydrogens is 501 g/mol. The summed E-state index contributed by atoms with van der Waals surface area (Å²) in [5, 5.41) is 34.9. The maximum absolute atomic E-state index is 14.7. The van der Waals surface area contributed by atoms with Gasteiger partial charge in [0, 0.05) is 55.2 Å². The van der Waals surface area contributed by atoms with Crippen LogP contribution in [-0.2, 0) is 33.4 Å². The first-order valence-corrected chi connectivity index (χ1v) is 12.1. The Balaban J connectivity index is 1.56. The molecule has 4 N–H and O–H groups in total. The van der Waals surface area contributed by atoms with Gasteiger partial charge in [-0.25, -0.2) is 9.29 Å². The predicted octanol–water partition coefficient (Wildman–Crippen LogP) is 0.201. The van der Waals surface area contributed by atoms with Gasteiger partial charge in [-0.15, -0.1) is 0 Å². The minimum atomic E-state index is -2.33. The van der Waals surface area contributed by atoms with E-state index in [0.717, 1.165) is 11.0 Å². The van der Waals surface area contributed by atoms with Gasteiger partial charge in [-0.2, -0.15) is 0 Å². The molecule has 1 fully saturated rings. The van der Waals surface area contributed by atoms with Crippen molar-refractivity contribution in [3.63, 3.8) is 0 Å². The molecule has 2 aromatic carbocycles. The minimum Gasteiger partial charge on any atom is -0.488 e. The second-order valence-electron chi connectivity index (χ2n) is 9.10. The highest BCUT2D eigenvalue weighted by Crippen LogP contribution is 2.36. The number of morpholine rings is 1. The normalized spacial score (nSPS) is 17.6. The number of amides is 2. The van der Waals surface area contributed by atoms with Crippen LogP contribution in [0.4, 0.5) is 4.39 Å². The molecule has 2 aromatic rings. The molecule has 1 saturated heterocycles. The van der Waals surface area contributed by atoms with E-state index in [2.05, 4.69) is 5.32 Å². The standard InChI is InChI=1S/C26H30FN3O8/c1-28-24(33)25(34,8-3-11-31)30-15-20-19(23(30)32)4-2-5-22(20)38-16-17-14-18(6-7-21(17)27)26(35,36)29-9-12-37-13-10-29/h2,4-7,11,14,34-36H,3,8-10,12-13,15-16H2,1H3,(H,28,33). The van der Waals surface area contributed by atoms with Crippen LogP contribution >= 0.6 is 0 Å². The average Bonchev–Trinajstić information content (AvgIpc) is 3.28. The Morgan fingerprint density at radius 2 is 1.95 bits per heavy atom. The van der Waals surface area contributed by atoms with Gasteiger partial charge in [-0.05, 0) is 30.3 Å². The van der Waals surface area contributed by atoms with Gasteiger partial charge in [-0.3, -0.25) is 14.5 Å². The lowest BCUT2D eigenvalue weighted by atomic mass is 10.0. The van der Waals surface area contributed by atoms with E-state index in [4.69, 9.17) is 9.47 Å². The molecule has 0 bridgehead atoms. The van der Waals surface area contributed by atoms with Crippen LogP contribution in [-0.4, -0.2) is 82.3 Å². The molecule has 1 atom stereocenters. The molecule has 12 heteroatoms. The first kappa shape index (κ1) is 27.6. The third-order valence-electron chi connectivity index (χ3n) is 6.84. The van der Waals surface area contributed by atoms with Gasteiger partial charge in [0.05, 0.1) is 19.8 Å². The van der Waals surface area contributed by atoms with E-state index in [9.17, 15) is 34.1 Å². The number of nitrogens with one attached hydrogen (secondary N) is 1. The molecule has 0 aromatic heterocycles. The molecule has 2 heterocycles. The van der Waals surface area contributed by atoms with Crippen LogP contribution in [0, 0.1) is 5.82 Å². The van der Waals surface area contributed by atoms with Crippen LogP contribution in [0.1, 0.15) is 39.9 Å². The summed E-state index contributed by atoms with van der Waals surface area (Å²) in [6.07, 6.45) is 0.104. The van der Waals surface area contributed by atoms with Crippen molar-refractivity contribution >= 4 is 18.1 Å². The van der Waals surface area contributed by atoms with Crippen molar-refractivity contribution < 1.29 is 43.6 Å². The summed E-state index contributed by atoms with van der Waals surface area (Å²) in [6, 6.07) is 8.34. The smallest absolute Gasteiger partial charge is 0.273 e. The zero-order valence-corrected chi connectivity index (χ0v) is 20.9. The van der Waals surface area contributed by atoms with E-state index in [1.165, 1.54) is 30.1 Å². The average molecular weight is 532 g/mol. The summed E-state index contributed by atoms with van der Waals surface area (Å²) in [5.41, 5.74) is -1.56. The van der Waals surface area contributed by atoms with Crippen molar-refractivity contribution in [2.45, 2.75) is 37.6 Å². The third-order valence-corrected chi connectivity index (χ3v) is 6.84. The molecule has 1 unspecified atom stereocenters. The number of aliphatic hydroxyl groups is 3. The van der Waals surface area contributed by atoms with E-state index >= 15 is 0 Å². The number of rotatable bonds is 10. The zero-order valence-electron chi connectivity index (χ0n) is 20.9. The molecule has 11 nitrogen and oxygen atoms in total. The molecular formula is C26H30FN3O8. The fourth-order valence-electron chi connectivity index (χ4n) is 4.68. The highest BCUT2D eigenvalue weighted by Gasteiger charge is 2.48. The summed E-state index contributed by atoms with van der Waals surface area (Å²) >= 11 is 0. The van der Waals surface area contributed by atoms with Gasteiger partial charge < -0.3 is 34.9 Å². The van der Waals surface area contributed by atoms with Crippen LogP contribution < -0.4 is 10.1 Å². The van der Waals surface area contributed by atoms with E-state index in [-0.39, 0.29) is 61.5 Å². The monoisotopic (exact) mass is 531 g/mol. The summed E-state index contributed by atoms with van der Waals surface area (Å²) in [4.78, 5) is 38.9. The Morgan fingerprint density at radius 1 is 1.21 bits per heavy atom. The summed E-state index contributed by atoms with van der Waals surface area (Å²) in [6.45, 7) is 0.758. The number of hydrogen-bond acceptors (Lipinski definition) is 9. The number of likely N-dealkylation sites (N-methyl/N-ethyl adjacent to an activating group) is 1. The van der Waals surface area contributed by atoms with Crippen molar-refractivity contribution in [2.75, 3.05) is 33.4 Å². The molecule has 38 heavy (non-hydrogen) atoms. The number of carbonyl (C=O) groups excluding carboxylic acids is 3. The highest BCUT2D eigenvalue weighted by molar-refractivity contribution is 6.02. The largest absolute Gasteiger partial charge is 0.488 e. The Labute approximate surface area is 218 Å². The van der Waals surface area contributed by atoms with Gasteiger partial charge in [0.25, 0.3) is 17.7 Å². The fourth-order valence-corrected chi connectivity index (χ4v) is 4.68. The first-order valence-electron chi connectivity index (χ1n) is 12.1. The molecule has 4 rings (SSSR count). The summed E-state index contributed by atoms with van der Waals surface area (Å²) in [5.74, 6) is -4.19. The van der Waals surface area contributed by atoms with Gasteiger partial charge in [0.2, 0.25) is 5.72 Å². The molecule has 0 radical (unpaired) electrons. The number of carbonyl (C=O) groups is 3. The van der Waals surface area contributed by atoms with E-state index in [1.807, 2.05) is 0 Å². The quantitative estimate of drug-likeness (QED) is 0.249. The fraction of sp³-hybridized carbons (Fsp3) is 0.423. The summed E-state index contributed by atoms with van der Waals surface area (Å²) < 4.78 is 25.8. The van der Waals surface area contributed by atoms with Crippen molar-refractivity contribution in [1.82, 2.24) is 15.1 Å². The maximum atomic E-state index is 14.7. The Kier molecular flexibility index (Phi) is 8.09. The van der Waals surface area contributed by atoms with Crippen LogP contribution in [0.15, 0.2) is 36.4 Å². The zero-order chi connectivity index (χ0) is 27.5. The number of fused-ring (bicyclic) bond motifs is 1. The molecule has 0 spiro atoms. The van der Waals surface area contributed by atoms with Crippen molar-refractivity contribution in [2.24, 2.45) is 0 Å². The Hall–Kier alpha value is -3.42. The molecule has 2 aliphatic heterocycles. The number of nitrogens with zero attached hydrogens (tertiary/aromatic N) is 2. The molecule has 204 valence electrons. The molecule has 0 saturated carbocycles. The molecule has 2 aliphatic rings. The van der Waals surface area contributed by atoms with Crippen molar-refractivity contribution in [3.8, 4) is 5.75 Å². The Bertz CT molecular complexity index is 1220. The van der Waals surface area contributed by atoms with Gasteiger partial charge >= 0.3 is 0 Å². The SMILES string of the molecule is CNC(=O)C(O)(CCC=O)N1Cc2c(OCc3cc(C(O)(O)N4CCOCC4)ccc3F)cccc2C1=O.